The number of urea groups is 1. The fourth-order valence-electron chi connectivity index (χ4n) is 4.65. The highest BCUT2D eigenvalue weighted by atomic mass is 16.5. The summed E-state index contributed by atoms with van der Waals surface area (Å²) < 4.78 is 7.45. The topological polar surface area (TPSA) is 113 Å². The SMILES string of the molecule is CC(C)(C)c1cc(NC(=O)Nc2ccc(Oc3cccnc3)cc2)n(-c2ccc(C(=O)NCCN3CCCC3)cc2)n1. The number of rotatable bonds is 9. The molecule has 3 amide bonds. The van der Waals surface area contributed by atoms with Crippen LogP contribution in [0.4, 0.5) is 16.3 Å². The lowest BCUT2D eigenvalue weighted by atomic mass is 9.92. The summed E-state index contributed by atoms with van der Waals surface area (Å²) in [6, 6.07) is 19.4. The second-order valence-corrected chi connectivity index (χ2v) is 11.3. The zero-order valence-corrected chi connectivity index (χ0v) is 24.3. The molecule has 2 aromatic carbocycles. The Balaban J connectivity index is 1.24. The van der Waals surface area contributed by atoms with E-state index in [1.54, 1.807) is 59.5 Å². The van der Waals surface area contributed by atoms with E-state index in [4.69, 9.17) is 9.84 Å². The number of nitrogens with zero attached hydrogens (tertiary/aromatic N) is 4. The van der Waals surface area contributed by atoms with Gasteiger partial charge >= 0.3 is 6.03 Å². The second-order valence-electron chi connectivity index (χ2n) is 11.3. The van der Waals surface area contributed by atoms with Crippen molar-refractivity contribution in [3.05, 3.63) is 90.4 Å². The molecule has 0 aliphatic carbocycles. The van der Waals surface area contributed by atoms with Crippen LogP contribution in [0.25, 0.3) is 5.69 Å². The van der Waals surface area contributed by atoms with Crippen LogP contribution in [-0.4, -0.2) is 57.8 Å². The van der Waals surface area contributed by atoms with Gasteiger partial charge in [-0.25, -0.2) is 9.48 Å². The molecule has 42 heavy (non-hydrogen) atoms. The van der Waals surface area contributed by atoms with Gasteiger partial charge in [-0.1, -0.05) is 20.8 Å². The standard InChI is InChI=1S/C32H37N7O3/c1-32(2,3)28-21-29(36-31(41)35-24-10-14-26(15-11-24)42-27-7-6-16-33-22-27)39(37-28)25-12-8-23(9-13-25)30(40)34-17-20-38-18-4-5-19-38/h6-16,21-22H,4-5,17-20H2,1-3H3,(H,34,40)(H2,35,36,41). The molecule has 0 atom stereocenters. The van der Waals surface area contributed by atoms with Gasteiger partial charge in [-0.15, -0.1) is 0 Å². The fourth-order valence-corrected chi connectivity index (χ4v) is 4.65. The van der Waals surface area contributed by atoms with E-state index in [2.05, 4.69) is 46.6 Å². The average Bonchev–Trinajstić information content (AvgIpc) is 3.65. The van der Waals surface area contributed by atoms with Crippen molar-refractivity contribution in [1.82, 2.24) is 25.0 Å². The number of nitrogens with one attached hydrogen (secondary N) is 3. The molecule has 0 saturated carbocycles. The van der Waals surface area contributed by atoms with Gasteiger partial charge in [0.2, 0.25) is 0 Å². The van der Waals surface area contributed by atoms with Gasteiger partial charge in [-0.2, -0.15) is 5.10 Å². The van der Waals surface area contributed by atoms with E-state index in [0.29, 0.717) is 35.1 Å². The predicted molar refractivity (Wildman–Crippen MR) is 164 cm³/mol. The minimum Gasteiger partial charge on any atom is -0.456 e. The van der Waals surface area contributed by atoms with Crippen LogP contribution in [0.15, 0.2) is 79.1 Å². The van der Waals surface area contributed by atoms with Gasteiger partial charge in [0, 0.05) is 42.0 Å². The summed E-state index contributed by atoms with van der Waals surface area (Å²) in [6.45, 7) is 9.89. The van der Waals surface area contributed by atoms with Crippen molar-refractivity contribution < 1.29 is 14.3 Å². The molecule has 1 saturated heterocycles. The van der Waals surface area contributed by atoms with E-state index in [-0.39, 0.29) is 11.3 Å². The maximum absolute atomic E-state index is 13.0. The smallest absolute Gasteiger partial charge is 0.324 e. The zero-order valence-electron chi connectivity index (χ0n) is 24.3. The number of hydrogen-bond donors (Lipinski definition) is 3. The average molecular weight is 568 g/mol. The van der Waals surface area contributed by atoms with Crippen molar-refractivity contribution in [2.75, 3.05) is 36.8 Å². The Morgan fingerprint density at radius 1 is 0.929 bits per heavy atom. The molecule has 5 rings (SSSR count). The molecule has 0 bridgehead atoms. The molecule has 3 N–H and O–H groups in total. The molecule has 3 heterocycles. The third-order valence-corrected chi connectivity index (χ3v) is 6.99. The third kappa shape index (κ3) is 7.52. The van der Waals surface area contributed by atoms with Crippen molar-refractivity contribution in [1.29, 1.82) is 0 Å². The van der Waals surface area contributed by atoms with Crippen LogP contribution in [0.5, 0.6) is 11.5 Å². The van der Waals surface area contributed by atoms with E-state index >= 15 is 0 Å². The number of pyridine rings is 1. The summed E-state index contributed by atoms with van der Waals surface area (Å²) in [4.78, 5) is 32.1. The molecule has 218 valence electrons. The number of carbonyl (C=O) groups excluding carboxylic acids is 2. The van der Waals surface area contributed by atoms with Crippen molar-refractivity contribution in [2.24, 2.45) is 0 Å². The van der Waals surface area contributed by atoms with Crippen LogP contribution < -0.4 is 20.7 Å². The highest BCUT2D eigenvalue weighted by Crippen LogP contribution is 2.27. The minimum atomic E-state index is -0.411. The molecule has 0 unspecified atom stereocenters. The van der Waals surface area contributed by atoms with Gasteiger partial charge in [-0.3, -0.25) is 15.1 Å². The van der Waals surface area contributed by atoms with Crippen LogP contribution >= 0.6 is 0 Å². The van der Waals surface area contributed by atoms with Crippen molar-refractivity contribution >= 4 is 23.4 Å². The molecule has 10 nitrogen and oxygen atoms in total. The van der Waals surface area contributed by atoms with E-state index in [1.165, 1.54) is 12.8 Å². The Morgan fingerprint density at radius 2 is 1.67 bits per heavy atom. The Kier molecular flexibility index (Phi) is 8.83. The summed E-state index contributed by atoms with van der Waals surface area (Å²) in [5, 5.41) is 13.6. The minimum absolute atomic E-state index is 0.105. The maximum Gasteiger partial charge on any atom is 0.324 e. The molecule has 10 heteroatoms. The molecule has 2 aromatic heterocycles. The van der Waals surface area contributed by atoms with Crippen molar-refractivity contribution in [3.63, 3.8) is 0 Å². The second kappa shape index (κ2) is 12.9. The number of carbonyl (C=O) groups is 2. The van der Waals surface area contributed by atoms with Gasteiger partial charge in [0.25, 0.3) is 5.91 Å². The number of ether oxygens (including phenoxy) is 1. The van der Waals surface area contributed by atoms with Crippen molar-refractivity contribution in [2.45, 2.75) is 39.0 Å². The number of aromatic nitrogens is 3. The molecule has 4 aromatic rings. The van der Waals surface area contributed by atoms with Crippen LogP contribution in [0.3, 0.4) is 0 Å². The summed E-state index contributed by atoms with van der Waals surface area (Å²) in [7, 11) is 0. The first kappa shape index (κ1) is 28.8. The molecule has 1 fully saturated rings. The predicted octanol–water partition coefficient (Wildman–Crippen LogP) is 5.83. The normalized spacial score (nSPS) is 13.5. The Labute approximate surface area is 246 Å². The molecule has 1 aliphatic rings. The quantitative estimate of drug-likeness (QED) is 0.235. The van der Waals surface area contributed by atoms with Gasteiger partial charge in [-0.05, 0) is 86.6 Å². The van der Waals surface area contributed by atoms with E-state index in [9.17, 15) is 9.59 Å². The van der Waals surface area contributed by atoms with Gasteiger partial charge < -0.3 is 20.3 Å². The van der Waals surface area contributed by atoms with E-state index in [0.717, 1.165) is 31.0 Å². The maximum atomic E-state index is 13.0. The monoisotopic (exact) mass is 567 g/mol. The number of hydrogen-bond acceptors (Lipinski definition) is 6. The van der Waals surface area contributed by atoms with E-state index < -0.39 is 6.03 Å². The van der Waals surface area contributed by atoms with Crippen LogP contribution in [0, 0.1) is 0 Å². The fraction of sp³-hybridized carbons (Fsp3) is 0.312. The first-order valence-corrected chi connectivity index (χ1v) is 14.2. The molecular weight excluding hydrogens is 530 g/mol. The first-order valence-electron chi connectivity index (χ1n) is 14.2. The van der Waals surface area contributed by atoms with Crippen LogP contribution in [-0.2, 0) is 5.41 Å². The Bertz CT molecular complexity index is 1490. The van der Waals surface area contributed by atoms with Gasteiger partial charge in [0.15, 0.2) is 0 Å². The first-order chi connectivity index (χ1) is 20.2. The van der Waals surface area contributed by atoms with Crippen molar-refractivity contribution in [3.8, 4) is 17.2 Å². The highest BCUT2D eigenvalue weighted by molar-refractivity contribution is 5.99. The van der Waals surface area contributed by atoms with E-state index in [1.807, 2.05) is 24.3 Å². The number of likely N-dealkylation sites (tertiary alicyclic amines) is 1. The highest BCUT2D eigenvalue weighted by Gasteiger charge is 2.22. The number of amides is 3. The summed E-state index contributed by atoms with van der Waals surface area (Å²) in [6.07, 6.45) is 5.77. The largest absolute Gasteiger partial charge is 0.456 e. The Hall–Kier alpha value is -4.70. The van der Waals surface area contributed by atoms with Gasteiger partial charge in [0.05, 0.1) is 17.6 Å². The summed E-state index contributed by atoms with van der Waals surface area (Å²) in [5.41, 5.74) is 2.49. The number of anilines is 2. The lowest BCUT2D eigenvalue weighted by Crippen LogP contribution is -2.33. The van der Waals surface area contributed by atoms with Crippen LogP contribution in [0.1, 0.15) is 49.7 Å². The third-order valence-electron chi connectivity index (χ3n) is 6.99. The lowest BCUT2D eigenvalue weighted by molar-refractivity contribution is 0.0949. The zero-order chi connectivity index (χ0) is 29.5. The molecule has 0 spiro atoms. The number of benzene rings is 2. The summed E-state index contributed by atoms with van der Waals surface area (Å²) in [5.74, 6) is 1.67. The molecular formula is C32H37N7O3. The molecule has 1 aliphatic heterocycles. The summed E-state index contributed by atoms with van der Waals surface area (Å²) >= 11 is 0. The Morgan fingerprint density at radius 3 is 2.33 bits per heavy atom. The van der Waals surface area contributed by atoms with Crippen LogP contribution in [0.2, 0.25) is 0 Å². The lowest BCUT2D eigenvalue weighted by Gasteiger charge is -2.15. The molecule has 0 radical (unpaired) electrons. The van der Waals surface area contributed by atoms with Gasteiger partial charge in [0.1, 0.15) is 17.3 Å².